The molecular weight excluding hydrogens is 525 g/mol. The second-order valence-electron chi connectivity index (χ2n) is 8.50. The van der Waals surface area contributed by atoms with Crippen LogP contribution in [-0.4, -0.2) is 66.5 Å². The van der Waals surface area contributed by atoms with E-state index in [1.165, 1.54) is 19.4 Å². The summed E-state index contributed by atoms with van der Waals surface area (Å²) < 4.78 is 38.8. The minimum absolute atomic E-state index is 0.114. The maximum atomic E-state index is 15.4. The number of fused-ring (bicyclic) bond motifs is 1. The van der Waals surface area contributed by atoms with Crippen molar-refractivity contribution >= 4 is 41.2 Å². The minimum atomic E-state index is -0.473. The summed E-state index contributed by atoms with van der Waals surface area (Å²) >= 11 is 7.19. The molecular formula is C24H25ClFN5O5S. The lowest BCUT2D eigenvalue weighted by Crippen LogP contribution is -2.63. The van der Waals surface area contributed by atoms with Crippen molar-refractivity contribution in [3.05, 3.63) is 59.6 Å². The summed E-state index contributed by atoms with van der Waals surface area (Å²) in [4.78, 5) is 14.6. The number of anilines is 2. The molecule has 37 heavy (non-hydrogen) atoms. The molecule has 3 heterocycles. The molecule has 0 bridgehead atoms. The molecule has 10 nitrogen and oxygen atoms in total. The van der Waals surface area contributed by atoms with Gasteiger partial charge < -0.3 is 18.9 Å². The number of methoxy groups -OCH3 is 1. The molecule has 0 radical (unpaired) electrons. The van der Waals surface area contributed by atoms with Crippen molar-refractivity contribution < 1.29 is 27.5 Å². The Kier molecular flexibility index (Phi) is 7.84. The van der Waals surface area contributed by atoms with E-state index in [9.17, 15) is 4.79 Å². The number of amides is 1. The zero-order valence-corrected chi connectivity index (χ0v) is 21.7. The lowest BCUT2D eigenvalue weighted by Gasteiger charge is -2.47. The van der Waals surface area contributed by atoms with Crippen LogP contribution >= 0.6 is 23.8 Å². The lowest BCUT2D eigenvalue weighted by atomic mass is 9.97. The number of hydrogen-bond acceptors (Lipinski definition) is 10. The second-order valence-corrected chi connectivity index (χ2v) is 9.79. The van der Waals surface area contributed by atoms with Gasteiger partial charge in [-0.2, -0.15) is 8.70 Å². The van der Waals surface area contributed by atoms with E-state index in [1.54, 1.807) is 41.3 Å². The molecule has 2 saturated heterocycles. The summed E-state index contributed by atoms with van der Waals surface area (Å²) in [5, 5.41) is 6.26. The van der Waals surface area contributed by atoms with Crippen molar-refractivity contribution in [3.63, 3.8) is 0 Å². The van der Waals surface area contributed by atoms with Crippen LogP contribution in [0.4, 0.5) is 15.9 Å². The van der Waals surface area contributed by atoms with Crippen molar-refractivity contribution in [3.8, 4) is 16.9 Å². The topological polar surface area (TPSA) is 92.5 Å². The van der Waals surface area contributed by atoms with Crippen LogP contribution in [0.5, 0.6) is 5.75 Å². The third-order valence-corrected chi connectivity index (χ3v) is 7.15. The third-order valence-electron chi connectivity index (χ3n) is 6.32. The number of carbonyl (C=O) groups is 1. The highest BCUT2D eigenvalue weighted by molar-refractivity contribution is 7.92. The number of halogens is 2. The van der Waals surface area contributed by atoms with Gasteiger partial charge in [0.15, 0.2) is 5.82 Å². The second kappa shape index (κ2) is 11.3. The summed E-state index contributed by atoms with van der Waals surface area (Å²) in [6.45, 7) is 1.02. The smallest absolute Gasteiger partial charge is 0.253 e. The Morgan fingerprint density at radius 1 is 1.30 bits per heavy atom. The summed E-state index contributed by atoms with van der Waals surface area (Å²) in [6.07, 6.45) is 1.74. The van der Waals surface area contributed by atoms with Gasteiger partial charge >= 0.3 is 0 Å². The largest absolute Gasteiger partial charge is 0.495 e. The highest BCUT2D eigenvalue weighted by atomic mass is 35.5. The number of benzene rings is 2. The van der Waals surface area contributed by atoms with E-state index >= 15 is 4.39 Å². The van der Waals surface area contributed by atoms with Gasteiger partial charge in [0, 0.05) is 42.9 Å². The SMILES string of the molecule is COc1cc(-c2cccc(Cl)c2)c(F)cc1N1C(=O)COC2CN(N(C)SONc3ccon3)CCC21. The van der Waals surface area contributed by atoms with Gasteiger partial charge in [-0.05, 0) is 30.2 Å². The van der Waals surface area contributed by atoms with Crippen molar-refractivity contribution in [2.45, 2.75) is 18.6 Å². The first-order chi connectivity index (χ1) is 17.9. The summed E-state index contributed by atoms with van der Waals surface area (Å²) in [5.41, 5.74) is 4.01. The van der Waals surface area contributed by atoms with Crippen molar-refractivity contribution in [1.29, 1.82) is 0 Å². The Balaban J connectivity index is 1.32. The van der Waals surface area contributed by atoms with Gasteiger partial charge in [0.1, 0.15) is 36.7 Å². The fourth-order valence-corrected chi connectivity index (χ4v) is 5.21. The molecule has 196 valence electrons. The maximum absolute atomic E-state index is 15.4. The molecule has 2 aliphatic heterocycles. The predicted molar refractivity (Wildman–Crippen MR) is 137 cm³/mol. The van der Waals surface area contributed by atoms with E-state index in [2.05, 4.69) is 10.6 Å². The van der Waals surface area contributed by atoms with Gasteiger partial charge in [0.05, 0.1) is 24.9 Å². The van der Waals surface area contributed by atoms with Crippen LogP contribution in [0.15, 0.2) is 53.3 Å². The molecule has 2 aromatic carbocycles. The Morgan fingerprint density at radius 3 is 2.92 bits per heavy atom. The normalized spacial score (nSPS) is 20.2. The third kappa shape index (κ3) is 5.54. The fraction of sp³-hybridized carbons (Fsp3) is 0.333. The number of nitrogens with one attached hydrogen (secondary N) is 1. The van der Waals surface area contributed by atoms with Crippen LogP contribution in [0.25, 0.3) is 11.1 Å². The summed E-state index contributed by atoms with van der Waals surface area (Å²) in [5.74, 6) is 0.129. The number of carbonyl (C=O) groups excluding carboxylic acids is 1. The molecule has 0 saturated carbocycles. The standard InChI is InChI=1S/C24H25ClFN5O5S/c1-29(37-36-28-23-7-9-35-27-23)30-8-6-19-22(13-30)34-14-24(32)31(19)20-12-18(26)17(11-21(20)33-2)15-4-3-5-16(25)10-15/h3-5,7,9-12,19,22H,6,8,13-14H2,1-2H3,(H,27,28). The molecule has 3 aromatic rings. The number of hydrogen-bond donors (Lipinski definition) is 1. The number of ether oxygens (including phenoxy) is 2. The molecule has 2 unspecified atom stereocenters. The van der Waals surface area contributed by atoms with Crippen LogP contribution in [0.2, 0.25) is 5.02 Å². The molecule has 5 rings (SSSR count). The number of aromatic nitrogens is 1. The number of hydrazine groups is 1. The monoisotopic (exact) mass is 549 g/mol. The molecule has 1 aromatic heterocycles. The first kappa shape index (κ1) is 25.8. The van der Waals surface area contributed by atoms with Gasteiger partial charge in [-0.25, -0.2) is 14.9 Å². The van der Waals surface area contributed by atoms with E-state index in [0.717, 1.165) is 12.2 Å². The lowest BCUT2D eigenvalue weighted by molar-refractivity contribution is -0.138. The number of morpholine rings is 1. The van der Waals surface area contributed by atoms with E-state index in [4.69, 9.17) is 29.9 Å². The zero-order chi connectivity index (χ0) is 25.9. The summed E-state index contributed by atoms with van der Waals surface area (Å²) in [7, 11) is 3.36. The van der Waals surface area contributed by atoms with E-state index in [-0.39, 0.29) is 24.7 Å². The molecule has 0 spiro atoms. The molecule has 2 fully saturated rings. The average Bonchev–Trinajstić information content (AvgIpc) is 3.42. The van der Waals surface area contributed by atoms with Crippen molar-refractivity contribution in [2.75, 3.05) is 44.2 Å². The maximum Gasteiger partial charge on any atom is 0.253 e. The molecule has 13 heteroatoms. The molecule has 1 N–H and O–H groups in total. The van der Waals surface area contributed by atoms with E-state index in [1.807, 2.05) is 16.5 Å². The number of nitrogens with zero attached hydrogens (tertiary/aromatic N) is 4. The van der Waals surface area contributed by atoms with Crippen LogP contribution in [-0.2, 0) is 13.8 Å². The van der Waals surface area contributed by atoms with E-state index in [0.29, 0.717) is 52.9 Å². The van der Waals surface area contributed by atoms with Gasteiger partial charge in [-0.15, -0.1) is 0 Å². The minimum Gasteiger partial charge on any atom is -0.495 e. The average molecular weight is 550 g/mol. The molecule has 2 atom stereocenters. The van der Waals surface area contributed by atoms with Crippen molar-refractivity contribution in [2.24, 2.45) is 0 Å². The quantitative estimate of drug-likeness (QED) is 0.247. The Labute approximate surface area is 222 Å². The van der Waals surface area contributed by atoms with Crippen LogP contribution in [0, 0.1) is 5.82 Å². The molecule has 2 aliphatic rings. The highest BCUT2D eigenvalue weighted by Crippen LogP contribution is 2.40. The molecule has 1 amide bonds. The molecule has 0 aliphatic carbocycles. The first-order valence-electron chi connectivity index (χ1n) is 11.5. The predicted octanol–water partition coefficient (Wildman–Crippen LogP) is 4.40. The van der Waals surface area contributed by atoms with Crippen LogP contribution in [0.1, 0.15) is 6.42 Å². The van der Waals surface area contributed by atoms with Crippen molar-refractivity contribution in [1.82, 2.24) is 14.6 Å². The van der Waals surface area contributed by atoms with Gasteiger partial charge in [-0.1, -0.05) is 28.9 Å². The number of piperidine rings is 1. The fourth-order valence-electron chi connectivity index (χ4n) is 4.55. The summed E-state index contributed by atoms with van der Waals surface area (Å²) in [6, 6.07) is 11.2. The van der Waals surface area contributed by atoms with Gasteiger partial charge in [-0.3, -0.25) is 4.79 Å². The van der Waals surface area contributed by atoms with Crippen LogP contribution < -0.4 is 15.1 Å². The number of rotatable bonds is 8. The Morgan fingerprint density at radius 2 is 2.16 bits per heavy atom. The first-order valence-corrected chi connectivity index (χ1v) is 12.6. The Hall–Kier alpha value is -2.87. The zero-order valence-electron chi connectivity index (χ0n) is 20.1. The van der Waals surface area contributed by atoms with Gasteiger partial charge in [0.25, 0.3) is 5.91 Å². The highest BCUT2D eigenvalue weighted by Gasteiger charge is 2.43. The van der Waals surface area contributed by atoms with E-state index < -0.39 is 5.82 Å². The van der Waals surface area contributed by atoms with Crippen LogP contribution in [0.3, 0.4) is 0 Å². The van der Waals surface area contributed by atoms with Gasteiger partial charge in [0.2, 0.25) is 0 Å². The Bertz CT molecular complexity index is 1250.